The Balaban J connectivity index is 2.09. The first-order valence-corrected chi connectivity index (χ1v) is 6.29. The summed E-state index contributed by atoms with van der Waals surface area (Å²) in [5.41, 5.74) is 1.23. The van der Waals surface area contributed by atoms with E-state index in [-0.39, 0.29) is 11.4 Å². The highest BCUT2D eigenvalue weighted by atomic mass is 19.1. The molecule has 0 bridgehead atoms. The highest BCUT2D eigenvalue weighted by Gasteiger charge is 2.11. The van der Waals surface area contributed by atoms with E-state index >= 15 is 0 Å². The van der Waals surface area contributed by atoms with Crippen molar-refractivity contribution in [2.45, 2.75) is 0 Å². The molecule has 0 saturated heterocycles. The van der Waals surface area contributed by atoms with E-state index in [2.05, 4.69) is 10.3 Å². The molecule has 0 amide bonds. The van der Waals surface area contributed by atoms with Gasteiger partial charge in [0.05, 0.1) is 11.1 Å². The van der Waals surface area contributed by atoms with Crippen molar-refractivity contribution in [3.05, 3.63) is 66.0 Å². The van der Waals surface area contributed by atoms with Crippen LogP contribution in [0.5, 0.6) is 0 Å². The van der Waals surface area contributed by atoms with Gasteiger partial charge < -0.3 is 10.4 Å². The lowest BCUT2D eigenvalue weighted by molar-refractivity contribution is 0.0699. The first kappa shape index (κ1) is 13.1. The fourth-order valence-electron chi connectivity index (χ4n) is 2.13. The van der Waals surface area contributed by atoms with Crippen LogP contribution in [0.1, 0.15) is 10.4 Å². The van der Waals surface area contributed by atoms with Crippen LogP contribution in [0.3, 0.4) is 0 Å². The third-order valence-electron chi connectivity index (χ3n) is 3.04. The predicted molar refractivity (Wildman–Crippen MR) is 78.4 cm³/mol. The molecule has 3 rings (SSSR count). The molecule has 0 unspecified atom stereocenters. The molecule has 0 aliphatic carbocycles. The summed E-state index contributed by atoms with van der Waals surface area (Å²) in [4.78, 5) is 15.7. The number of rotatable bonds is 3. The molecule has 2 aromatic carbocycles. The fourth-order valence-corrected chi connectivity index (χ4v) is 2.13. The van der Waals surface area contributed by atoms with E-state index in [1.54, 1.807) is 36.4 Å². The lowest BCUT2D eigenvalue weighted by atomic mass is 10.1. The number of hydrogen-bond acceptors (Lipinski definition) is 3. The van der Waals surface area contributed by atoms with Crippen molar-refractivity contribution in [1.29, 1.82) is 0 Å². The number of carboxylic acids is 1. The number of anilines is 2. The van der Waals surface area contributed by atoms with Gasteiger partial charge in [0, 0.05) is 11.1 Å². The first-order valence-electron chi connectivity index (χ1n) is 6.29. The van der Waals surface area contributed by atoms with Crippen molar-refractivity contribution in [2.75, 3.05) is 5.32 Å². The molecule has 4 nitrogen and oxygen atoms in total. The topological polar surface area (TPSA) is 62.2 Å². The van der Waals surface area contributed by atoms with Crippen LogP contribution in [-0.4, -0.2) is 16.1 Å². The Morgan fingerprint density at radius 1 is 1.10 bits per heavy atom. The third kappa shape index (κ3) is 2.67. The van der Waals surface area contributed by atoms with Crippen LogP contribution < -0.4 is 5.32 Å². The van der Waals surface area contributed by atoms with Gasteiger partial charge in [-0.15, -0.1) is 0 Å². The van der Waals surface area contributed by atoms with E-state index < -0.39 is 5.97 Å². The molecule has 21 heavy (non-hydrogen) atoms. The Kier molecular flexibility index (Phi) is 3.23. The number of hydrogen-bond donors (Lipinski definition) is 2. The Morgan fingerprint density at radius 3 is 2.67 bits per heavy atom. The number of carboxylic acid groups (broad SMARTS) is 1. The number of fused-ring (bicyclic) bond motifs is 1. The molecular weight excluding hydrogens is 271 g/mol. The second-order valence-corrected chi connectivity index (χ2v) is 4.51. The molecule has 0 atom stereocenters. The SMILES string of the molecule is O=C(O)c1cc(Nc2cccc(F)c2)nc2ccccc12. The summed E-state index contributed by atoms with van der Waals surface area (Å²) in [6.07, 6.45) is 0. The molecular formula is C16H11FN2O2. The summed E-state index contributed by atoms with van der Waals surface area (Å²) in [6.45, 7) is 0. The van der Waals surface area contributed by atoms with Gasteiger partial charge in [-0.3, -0.25) is 0 Å². The minimum atomic E-state index is -1.03. The van der Waals surface area contributed by atoms with Gasteiger partial charge in [-0.2, -0.15) is 0 Å². The molecule has 104 valence electrons. The van der Waals surface area contributed by atoms with Gasteiger partial charge in [-0.05, 0) is 30.3 Å². The molecule has 0 fully saturated rings. The Morgan fingerprint density at radius 2 is 1.90 bits per heavy atom. The van der Waals surface area contributed by atoms with Gasteiger partial charge in [0.25, 0.3) is 0 Å². The molecule has 0 aliphatic heterocycles. The van der Waals surface area contributed by atoms with Crippen LogP contribution in [-0.2, 0) is 0 Å². The fraction of sp³-hybridized carbons (Fsp3) is 0. The number of nitrogens with one attached hydrogen (secondary N) is 1. The van der Waals surface area contributed by atoms with Crippen molar-refractivity contribution in [3.63, 3.8) is 0 Å². The third-order valence-corrected chi connectivity index (χ3v) is 3.04. The van der Waals surface area contributed by atoms with E-state index in [4.69, 9.17) is 0 Å². The molecule has 2 N–H and O–H groups in total. The lowest BCUT2D eigenvalue weighted by Gasteiger charge is -2.09. The number of benzene rings is 2. The summed E-state index contributed by atoms with van der Waals surface area (Å²) < 4.78 is 13.2. The zero-order chi connectivity index (χ0) is 14.8. The van der Waals surface area contributed by atoms with Crippen LogP contribution in [0.15, 0.2) is 54.6 Å². The van der Waals surface area contributed by atoms with E-state index in [1.165, 1.54) is 18.2 Å². The maximum Gasteiger partial charge on any atom is 0.336 e. The minimum absolute atomic E-state index is 0.152. The van der Waals surface area contributed by atoms with Crippen LogP contribution in [0.2, 0.25) is 0 Å². The molecule has 1 aromatic heterocycles. The number of para-hydroxylation sites is 1. The van der Waals surface area contributed by atoms with E-state index in [0.29, 0.717) is 22.4 Å². The van der Waals surface area contributed by atoms with Crippen molar-refractivity contribution in [1.82, 2.24) is 4.98 Å². The maximum atomic E-state index is 13.2. The summed E-state index contributed by atoms with van der Waals surface area (Å²) in [5, 5.41) is 12.8. The Labute approximate surface area is 119 Å². The summed E-state index contributed by atoms with van der Waals surface area (Å²) in [7, 11) is 0. The number of aromatic nitrogens is 1. The monoisotopic (exact) mass is 282 g/mol. The number of halogens is 1. The molecule has 1 heterocycles. The van der Waals surface area contributed by atoms with Gasteiger partial charge >= 0.3 is 5.97 Å². The van der Waals surface area contributed by atoms with Gasteiger partial charge in [-0.25, -0.2) is 14.2 Å². The van der Waals surface area contributed by atoms with Crippen LogP contribution in [0.25, 0.3) is 10.9 Å². The van der Waals surface area contributed by atoms with E-state index in [1.807, 2.05) is 0 Å². The highest BCUT2D eigenvalue weighted by molar-refractivity contribution is 6.03. The summed E-state index contributed by atoms with van der Waals surface area (Å²) in [6, 6.07) is 14.3. The Bertz CT molecular complexity index is 833. The standard InChI is InChI=1S/C16H11FN2O2/c17-10-4-3-5-11(8-10)18-15-9-13(16(20)21)12-6-1-2-7-14(12)19-15/h1-9H,(H,18,19)(H,20,21). The zero-order valence-corrected chi connectivity index (χ0v) is 10.9. The highest BCUT2D eigenvalue weighted by Crippen LogP contribution is 2.23. The van der Waals surface area contributed by atoms with Crippen molar-refractivity contribution in [3.8, 4) is 0 Å². The summed E-state index contributed by atoms with van der Waals surface area (Å²) in [5.74, 6) is -1.05. The number of carbonyl (C=O) groups is 1. The minimum Gasteiger partial charge on any atom is -0.478 e. The quantitative estimate of drug-likeness (QED) is 0.766. The van der Waals surface area contributed by atoms with Gasteiger partial charge in [0.15, 0.2) is 0 Å². The normalized spacial score (nSPS) is 10.5. The average molecular weight is 282 g/mol. The van der Waals surface area contributed by atoms with Crippen LogP contribution >= 0.6 is 0 Å². The van der Waals surface area contributed by atoms with Gasteiger partial charge in [0.2, 0.25) is 0 Å². The van der Waals surface area contributed by atoms with Gasteiger partial charge in [-0.1, -0.05) is 24.3 Å². The van der Waals surface area contributed by atoms with Crippen molar-refractivity contribution in [2.24, 2.45) is 0 Å². The summed E-state index contributed by atoms with van der Waals surface area (Å²) >= 11 is 0. The van der Waals surface area contributed by atoms with Crippen LogP contribution in [0.4, 0.5) is 15.9 Å². The number of aromatic carboxylic acids is 1. The molecule has 0 aliphatic rings. The van der Waals surface area contributed by atoms with Crippen molar-refractivity contribution >= 4 is 28.4 Å². The molecule has 5 heteroatoms. The Hall–Kier alpha value is -2.95. The van der Waals surface area contributed by atoms with E-state index in [9.17, 15) is 14.3 Å². The molecule has 0 saturated carbocycles. The average Bonchev–Trinajstić information content (AvgIpc) is 2.46. The lowest BCUT2D eigenvalue weighted by Crippen LogP contribution is -2.02. The second-order valence-electron chi connectivity index (χ2n) is 4.51. The number of nitrogens with zero attached hydrogens (tertiary/aromatic N) is 1. The second kappa shape index (κ2) is 5.20. The van der Waals surface area contributed by atoms with E-state index in [0.717, 1.165) is 0 Å². The molecule has 0 radical (unpaired) electrons. The first-order chi connectivity index (χ1) is 10.1. The smallest absolute Gasteiger partial charge is 0.336 e. The molecule has 3 aromatic rings. The van der Waals surface area contributed by atoms with Gasteiger partial charge in [0.1, 0.15) is 11.6 Å². The largest absolute Gasteiger partial charge is 0.478 e. The van der Waals surface area contributed by atoms with Crippen molar-refractivity contribution < 1.29 is 14.3 Å². The molecule has 0 spiro atoms. The maximum absolute atomic E-state index is 13.2. The van der Waals surface area contributed by atoms with Crippen LogP contribution in [0, 0.1) is 5.82 Å². The zero-order valence-electron chi connectivity index (χ0n) is 10.9. The predicted octanol–water partition coefficient (Wildman–Crippen LogP) is 3.82. The number of pyridine rings is 1.